The van der Waals surface area contributed by atoms with E-state index < -0.39 is 0 Å². The fourth-order valence-corrected chi connectivity index (χ4v) is 2.21. The molecule has 7 heteroatoms. The molecule has 1 N–H and O–H groups in total. The third-order valence-corrected chi connectivity index (χ3v) is 3.34. The largest absolute Gasteiger partial charge is 0.352 e. The summed E-state index contributed by atoms with van der Waals surface area (Å²) in [6, 6.07) is 9.12. The van der Waals surface area contributed by atoms with Crippen molar-refractivity contribution < 1.29 is 4.79 Å². The van der Waals surface area contributed by atoms with Gasteiger partial charge in [0.2, 0.25) is 0 Å². The smallest absolute Gasteiger partial charge is 0.272 e. The molecule has 1 aliphatic rings. The van der Waals surface area contributed by atoms with Crippen LogP contribution in [0.25, 0.3) is 0 Å². The molecule has 2 aromatic heterocycles. The van der Waals surface area contributed by atoms with Crippen LogP contribution in [0.5, 0.6) is 0 Å². The molecule has 1 fully saturated rings. The Morgan fingerprint density at radius 3 is 2.90 bits per heavy atom. The molecule has 0 saturated carbocycles. The molecule has 3 rings (SSSR count). The number of nitriles is 1. The van der Waals surface area contributed by atoms with Crippen LogP contribution < -0.4 is 10.2 Å². The molecular formula is C14H14N6O. The first-order valence-electron chi connectivity index (χ1n) is 6.58. The Morgan fingerprint density at radius 1 is 1.43 bits per heavy atom. The molecule has 0 bridgehead atoms. The third kappa shape index (κ3) is 2.69. The standard InChI is InChI=1S/C14H14N6O/c1-19-6-5-12(18-19)14(21)17-11-8-20(9-11)13-4-2-3-10(7-15)16-13/h2-6,11H,8-9H2,1H3,(H,17,21). The SMILES string of the molecule is Cn1ccc(C(=O)NC2CN(c3cccc(C#N)n3)C2)n1. The van der Waals surface area contributed by atoms with Crippen molar-refractivity contribution in [3.8, 4) is 6.07 Å². The van der Waals surface area contributed by atoms with Gasteiger partial charge in [0.1, 0.15) is 23.3 Å². The van der Waals surface area contributed by atoms with Gasteiger partial charge in [0, 0.05) is 26.3 Å². The van der Waals surface area contributed by atoms with Crippen molar-refractivity contribution in [3.05, 3.63) is 41.9 Å². The lowest BCUT2D eigenvalue weighted by Crippen LogP contribution is -2.59. The summed E-state index contributed by atoms with van der Waals surface area (Å²) in [5.74, 6) is 0.594. The van der Waals surface area contributed by atoms with Crippen LogP contribution in [0.4, 0.5) is 5.82 Å². The number of carbonyl (C=O) groups is 1. The highest BCUT2D eigenvalue weighted by Gasteiger charge is 2.29. The van der Waals surface area contributed by atoms with Crippen molar-refractivity contribution in [1.82, 2.24) is 20.1 Å². The Bertz CT molecular complexity index is 710. The van der Waals surface area contributed by atoms with Gasteiger partial charge in [0.15, 0.2) is 0 Å². The normalized spacial score (nSPS) is 14.4. The van der Waals surface area contributed by atoms with Crippen molar-refractivity contribution in [3.63, 3.8) is 0 Å². The zero-order valence-corrected chi connectivity index (χ0v) is 11.5. The summed E-state index contributed by atoms with van der Waals surface area (Å²) in [6.45, 7) is 1.36. The van der Waals surface area contributed by atoms with Crippen LogP contribution >= 0.6 is 0 Å². The van der Waals surface area contributed by atoms with E-state index in [2.05, 4.69) is 15.4 Å². The van der Waals surface area contributed by atoms with Gasteiger partial charge in [-0.2, -0.15) is 10.4 Å². The molecule has 0 radical (unpaired) electrons. The molecule has 7 nitrogen and oxygen atoms in total. The second-order valence-corrected chi connectivity index (χ2v) is 4.94. The topological polar surface area (TPSA) is 86.8 Å². The second-order valence-electron chi connectivity index (χ2n) is 4.94. The van der Waals surface area contributed by atoms with Gasteiger partial charge < -0.3 is 10.2 Å². The van der Waals surface area contributed by atoms with E-state index in [1.165, 1.54) is 0 Å². The van der Waals surface area contributed by atoms with E-state index in [1.54, 1.807) is 36.1 Å². The predicted octanol–water partition coefficient (Wildman–Crippen LogP) is 0.305. The van der Waals surface area contributed by atoms with E-state index in [0.717, 1.165) is 5.82 Å². The Morgan fingerprint density at radius 2 is 2.24 bits per heavy atom. The number of rotatable bonds is 3. The molecule has 106 valence electrons. The summed E-state index contributed by atoms with van der Waals surface area (Å²) >= 11 is 0. The van der Waals surface area contributed by atoms with Crippen LogP contribution in [0.15, 0.2) is 30.5 Å². The quantitative estimate of drug-likeness (QED) is 0.875. The number of amides is 1. The Labute approximate surface area is 121 Å². The molecule has 3 heterocycles. The van der Waals surface area contributed by atoms with Gasteiger partial charge in [-0.15, -0.1) is 0 Å². The average molecular weight is 282 g/mol. The molecule has 0 aliphatic carbocycles. The number of aromatic nitrogens is 3. The maximum Gasteiger partial charge on any atom is 0.272 e. The van der Waals surface area contributed by atoms with Gasteiger partial charge in [-0.25, -0.2) is 4.98 Å². The summed E-state index contributed by atoms with van der Waals surface area (Å²) in [4.78, 5) is 18.2. The minimum atomic E-state index is -0.168. The van der Waals surface area contributed by atoms with E-state index in [4.69, 9.17) is 5.26 Å². The summed E-state index contributed by atoms with van der Waals surface area (Å²) < 4.78 is 1.60. The van der Waals surface area contributed by atoms with E-state index in [1.807, 2.05) is 17.0 Å². The number of aryl methyl sites for hydroxylation is 1. The van der Waals surface area contributed by atoms with Gasteiger partial charge in [0.25, 0.3) is 5.91 Å². The summed E-state index contributed by atoms with van der Waals surface area (Å²) in [7, 11) is 1.77. The van der Waals surface area contributed by atoms with Gasteiger partial charge in [0.05, 0.1) is 6.04 Å². The molecule has 0 atom stereocenters. The Hall–Kier alpha value is -2.88. The van der Waals surface area contributed by atoms with Crippen molar-refractivity contribution in [2.75, 3.05) is 18.0 Å². The monoisotopic (exact) mass is 282 g/mol. The zero-order chi connectivity index (χ0) is 14.8. The van der Waals surface area contributed by atoms with Crippen molar-refractivity contribution in [1.29, 1.82) is 5.26 Å². The van der Waals surface area contributed by atoms with Gasteiger partial charge in [-0.05, 0) is 18.2 Å². The van der Waals surface area contributed by atoms with Crippen molar-refractivity contribution >= 4 is 11.7 Å². The summed E-state index contributed by atoms with van der Waals surface area (Å²) in [5, 5.41) is 15.8. The average Bonchev–Trinajstić information content (AvgIpc) is 2.89. The van der Waals surface area contributed by atoms with Crippen molar-refractivity contribution in [2.24, 2.45) is 7.05 Å². The van der Waals surface area contributed by atoms with Gasteiger partial charge in [-0.3, -0.25) is 9.48 Å². The van der Waals surface area contributed by atoms with E-state index in [0.29, 0.717) is 24.5 Å². The highest BCUT2D eigenvalue weighted by atomic mass is 16.2. The van der Waals surface area contributed by atoms with Crippen LogP contribution in [-0.2, 0) is 7.05 Å². The first-order chi connectivity index (χ1) is 10.2. The number of pyridine rings is 1. The van der Waals surface area contributed by atoms with E-state index in [-0.39, 0.29) is 11.9 Å². The first kappa shape index (κ1) is 13.1. The van der Waals surface area contributed by atoms with E-state index >= 15 is 0 Å². The number of carbonyl (C=O) groups excluding carboxylic acids is 1. The molecule has 0 spiro atoms. The highest BCUT2D eigenvalue weighted by Crippen LogP contribution is 2.18. The Kier molecular flexibility index (Phi) is 3.28. The fraction of sp³-hybridized carbons (Fsp3) is 0.286. The second kappa shape index (κ2) is 5.25. The number of anilines is 1. The fourth-order valence-electron chi connectivity index (χ4n) is 2.21. The molecule has 1 saturated heterocycles. The maximum absolute atomic E-state index is 11.9. The highest BCUT2D eigenvalue weighted by molar-refractivity contribution is 5.92. The lowest BCUT2D eigenvalue weighted by Gasteiger charge is -2.40. The minimum Gasteiger partial charge on any atom is -0.352 e. The Balaban J connectivity index is 1.56. The predicted molar refractivity (Wildman–Crippen MR) is 75.6 cm³/mol. The van der Waals surface area contributed by atoms with Crippen LogP contribution in [0.1, 0.15) is 16.2 Å². The molecule has 21 heavy (non-hydrogen) atoms. The van der Waals surface area contributed by atoms with Crippen LogP contribution in [0, 0.1) is 11.3 Å². The molecule has 1 amide bonds. The van der Waals surface area contributed by atoms with Crippen LogP contribution in [0.2, 0.25) is 0 Å². The van der Waals surface area contributed by atoms with Crippen molar-refractivity contribution in [2.45, 2.75) is 6.04 Å². The number of hydrogen-bond donors (Lipinski definition) is 1. The van der Waals surface area contributed by atoms with E-state index in [9.17, 15) is 4.79 Å². The van der Waals surface area contributed by atoms with Gasteiger partial charge >= 0.3 is 0 Å². The zero-order valence-electron chi connectivity index (χ0n) is 11.5. The third-order valence-electron chi connectivity index (χ3n) is 3.34. The maximum atomic E-state index is 11.9. The molecular weight excluding hydrogens is 268 g/mol. The van der Waals surface area contributed by atoms with Crippen LogP contribution in [-0.4, -0.2) is 39.8 Å². The lowest BCUT2D eigenvalue weighted by molar-refractivity contribution is 0.0924. The minimum absolute atomic E-state index is 0.0760. The number of nitrogens with zero attached hydrogens (tertiary/aromatic N) is 5. The summed E-state index contributed by atoms with van der Waals surface area (Å²) in [5.41, 5.74) is 0.814. The molecule has 1 aliphatic heterocycles. The van der Waals surface area contributed by atoms with Gasteiger partial charge in [-0.1, -0.05) is 6.07 Å². The molecule has 0 aromatic carbocycles. The molecule has 2 aromatic rings. The first-order valence-corrected chi connectivity index (χ1v) is 6.58. The number of nitrogens with one attached hydrogen (secondary N) is 1. The lowest BCUT2D eigenvalue weighted by atomic mass is 10.1. The molecule has 0 unspecified atom stereocenters. The van der Waals surface area contributed by atoms with Crippen LogP contribution in [0.3, 0.4) is 0 Å². The summed E-state index contributed by atoms with van der Waals surface area (Å²) in [6.07, 6.45) is 1.74. The number of hydrogen-bond acceptors (Lipinski definition) is 5.